The average molecular weight is 421 g/mol. The molecule has 3 aromatic rings. The molecular weight excluding hydrogens is 392 g/mol. The molecule has 0 aliphatic heterocycles. The summed E-state index contributed by atoms with van der Waals surface area (Å²) >= 11 is 0. The second-order valence-electron chi connectivity index (χ2n) is 7.11. The fourth-order valence-electron chi connectivity index (χ4n) is 3.29. The summed E-state index contributed by atoms with van der Waals surface area (Å²) in [6.45, 7) is 4.89. The first-order valence-electron chi connectivity index (χ1n) is 10.4. The van der Waals surface area contributed by atoms with Crippen LogP contribution >= 0.6 is 0 Å². The molecule has 8 heteroatoms. The van der Waals surface area contributed by atoms with Gasteiger partial charge in [0.2, 0.25) is 5.91 Å². The molecule has 3 amide bonds. The van der Waals surface area contributed by atoms with Gasteiger partial charge < -0.3 is 15.5 Å². The molecule has 3 rings (SSSR count). The molecule has 0 unspecified atom stereocenters. The third-order valence-corrected chi connectivity index (χ3v) is 5.00. The summed E-state index contributed by atoms with van der Waals surface area (Å²) < 4.78 is 1.74. The molecule has 1 atom stereocenters. The Hall–Kier alpha value is -3.68. The van der Waals surface area contributed by atoms with Crippen molar-refractivity contribution in [2.45, 2.75) is 32.9 Å². The number of carbonyl (C=O) groups excluding carboxylic acids is 2. The molecule has 0 fully saturated rings. The van der Waals surface area contributed by atoms with Crippen LogP contribution < -0.4 is 10.6 Å². The van der Waals surface area contributed by atoms with E-state index in [0.29, 0.717) is 25.3 Å². The number of aryl methyl sites for hydroxylation is 1. The number of urea groups is 1. The smallest absolute Gasteiger partial charge is 0.317 e. The van der Waals surface area contributed by atoms with Crippen LogP contribution in [-0.2, 0) is 17.8 Å². The summed E-state index contributed by atoms with van der Waals surface area (Å²) in [4.78, 5) is 31.2. The summed E-state index contributed by atoms with van der Waals surface area (Å²) in [5.74, 6) is 0.315. The number of amides is 3. The van der Waals surface area contributed by atoms with Gasteiger partial charge in [-0.3, -0.25) is 9.78 Å². The average Bonchev–Trinajstić information content (AvgIpc) is 3.21. The Labute approximate surface area is 182 Å². The summed E-state index contributed by atoms with van der Waals surface area (Å²) in [5.41, 5.74) is 2.63. The number of rotatable bonds is 8. The third-order valence-electron chi connectivity index (χ3n) is 5.00. The fourth-order valence-corrected chi connectivity index (χ4v) is 3.29. The Bertz CT molecular complexity index is 1000. The Morgan fingerprint density at radius 3 is 2.45 bits per heavy atom. The summed E-state index contributed by atoms with van der Waals surface area (Å²) in [7, 11) is 1.64. The van der Waals surface area contributed by atoms with Gasteiger partial charge in [-0.2, -0.15) is 5.10 Å². The van der Waals surface area contributed by atoms with Gasteiger partial charge >= 0.3 is 6.03 Å². The number of hydrogen-bond donors (Lipinski definition) is 2. The van der Waals surface area contributed by atoms with E-state index < -0.39 is 6.04 Å². The fraction of sp³-hybridized carbons (Fsp3) is 0.304. The zero-order valence-corrected chi connectivity index (χ0v) is 18.1. The zero-order valence-electron chi connectivity index (χ0n) is 18.1. The van der Waals surface area contributed by atoms with Crippen molar-refractivity contribution >= 4 is 17.8 Å². The number of aromatic nitrogens is 3. The Kier molecular flexibility index (Phi) is 7.37. The van der Waals surface area contributed by atoms with Crippen molar-refractivity contribution in [3.63, 3.8) is 0 Å². The van der Waals surface area contributed by atoms with Gasteiger partial charge in [0.1, 0.15) is 11.9 Å². The Morgan fingerprint density at radius 1 is 1.10 bits per heavy atom. The lowest BCUT2D eigenvalue weighted by Crippen LogP contribution is -2.50. The normalized spacial score (nSPS) is 11.6. The zero-order chi connectivity index (χ0) is 22.2. The Morgan fingerprint density at radius 2 is 1.81 bits per heavy atom. The quantitative estimate of drug-likeness (QED) is 0.585. The number of benzene rings is 1. The lowest BCUT2D eigenvalue weighted by Gasteiger charge is -2.27. The number of anilines is 1. The molecular formula is C23H28N6O2. The van der Waals surface area contributed by atoms with E-state index in [2.05, 4.69) is 20.7 Å². The van der Waals surface area contributed by atoms with Crippen LogP contribution in [0.2, 0.25) is 0 Å². The summed E-state index contributed by atoms with van der Waals surface area (Å²) in [6, 6.07) is 14.3. The maximum Gasteiger partial charge on any atom is 0.317 e. The van der Waals surface area contributed by atoms with Gasteiger partial charge in [0, 0.05) is 50.6 Å². The monoisotopic (exact) mass is 420 g/mol. The highest BCUT2D eigenvalue weighted by molar-refractivity contribution is 5.97. The van der Waals surface area contributed by atoms with Crippen LogP contribution in [0.4, 0.5) is 10.6 Å². The van der Waals surface area contributed by atoms with E-state index in [-0.39, 0.29) is 11.9 Å². The van der Waals surface area contributed by atoms with Gasteiger partial charge in [-0.05, 0) is 31.5 Å². The number of likely N-dealkylation sites (N-methyl/N-ethyl adjacent to an activating group) is 1. The SMILES string of the molecule is CCNC(=O)N(C)[C@@H](Cc1ccccc1)C(=O)Nc1cc(-c2ccncc2)nn1CC. The minimum Gasteiger partial charge on any atom is -0.338 e. The summed E-state index contributed by atoms with van der Waals surface area (Å²) in [6.07, 6.45) is 3.81. The van der Waals surface area contributed by atoms with Crippen molar-refractivity contribution in [2.75, 3.05) is 18.9 Å². The number of nitrogens with zero attached hydrogens (tertiary/aromatic N) is 4. The highest BCUT2D eigenvalue weighted by Gasteiger charge is 2.28. The minimum atomic E-state index is -0.682. The molecule has 8 nitrogen and oxygen atoms in total. The van der Waals surface area contributed by atoms with Crippen molar-refractivity contribution in [1.29, 1.82) is 0 Å². The highest BCUT2D eigenvalue weighted by Crippen LogP contribution is 2.22. The molecule has 0 bridgehead atoms. The van der Waals surface area contributed by atoms with Crippen LogP contribution in [0, 0.1) is 0 Å². The molecule has 31 heavy (non-hydrogen) atoms. The van der Waals surface area contributed by atoms with E-state index in [1.54, 1.807) is 24.1 Å². The van der Waals surface area contributed by atoms with E-state index in [4.69, 9.17) is 0 Å². The van der Waals surface area contributed by atoms with Crippen LogP contribution in [0.25, 0.3) is 11.3 Å². The van der Waals surface area contributed by atoms with Crippen molar-refractivity contribution in [3.8, 4) is 11.3 Å². The lowest BCUT2D eigenvalue weighted by molar-refractivity contribution is -0.120. The molecule has 0 spiro atoms. The van der Waals surface area contributed by atoms with E-state index >= 15 is 0 Å². The first-order valence-corrected chi connectivity index (χ1v) is 10.4. The first kappa shape index (κ1) is 22.0. The molecule has 0 aliphatic carbocycles. The van der Waals surface area contributed by atoms with E-state index in [0.717, 1.165) is 16.8 Å². The van der Waals surface area contributed by atoms with Gasteiger partial charge in [-0.25, -0.2) is 9.48 Å². The molecule has 0 radical (unpaired) electrons. The van der Waals surface area contributed by atoms with Crippen molar-refractivity contribution in [3.05, 3.63) is 66.5 Å². The standard InChI is InChI=1S/C23H28N6O2/c1-4-25-23(31)28(3)20(15-17-9-7-6-8-10-17)22(30)26-21-16-19(27-29(21)5-2)18-11-13-24-14-12-18/h6-14,16,20H,4-5,15H2,1-3H3,(H,25,31)(H,26,30)/t20-/m0/s1. The van der Waals surface area contributed by atoms with Crippen molar-refractivity contribution in [2.24, 2.45) is 0 Å². The van der Waals surface area contributed by atoms with Gasteiger partial charge in [0.25, 0.3) is 0 Å². The number of nitrogens with one attached hydrogen (secondary N) is 2. The molecule has 0 aliphatic rings. The minimum absolute atomic E-state index is 0.270. The van der Waals surface area contributed by atoms with Crippen LogP contribution in [0.5, 0.6) is 0 Å². The number of carbonyl (C=O) groups is 2. The predicted molar refractivity (Wildman–Crippen MR) is 121 cm³/mol. The number of hydrogen-bond acceptors (Lipinski definition) is 4. The van der Waals surface area contributed by atoms with Crippen LogP contribution in [0.3, 0.4) is 0 Å². The van der Waals surface area contributed by atoms with E-state index in [1.807, 2.05) is 62.4 Å². The molecule has 2 aromatic heterocycles. The summed E-state index contributed by atoms with van der Waals surface area (Å²) in [5, 5.41) is 10.3. The second-order valence-corrected chi connectivity index (χ2v) is 7.11. The molecule has 0 saturated heterocycles. The molecule has 162 valence electrons. The molecule has 2 N–H and O–H groups in total. The van der Waals surface area contributed by atoms with Crippen LogP contribution in [0.15, 0.2) is 60.9 Å². The Balaban J connectivity index is 1.85. The van der Waals surface area contributed by atoms with Gasteiger partial charge in [0.05, 0.1) is 5.69 Å². The molecule has 0 saturated carbocycles. The first-order chi connectivity index (χ1) is 15.0. The second kappa shape index (κ2) is 10.4. The maximum atomic E-state index is 13.3. The van der Waals surface area contributed by atoms with Gasteiger partial charge in [-0.1, -0.05) is 30.3 Å². The van der Waals surface area contributed by atoms with Crippen molar-refractivity contribution in [1.82, 2.24) is 25.0 Å². The lowest BCUT2D eigenvalue weighted by atomic mass is 10.0. The van der Waals surface area contributed by atoms with E-state index in [1.165, 1.54) is 4.90 Å². The van der Waals surface area contributed by atoms with Gasteiger partial charge in [0.15, 0.2) is 0 Å². The third kappa shape index (κ3) is 5.48. The maximum absolute atomic E-state index is 13.3. The van der Waals surface area contributed by atoms with Crippen LogP contribution in [0.1, 0.15) is 19.4 Å². The topological polar surface area (TPSA) is 92.2 Å². The predicted octanol–water partition coefficient (Wildman–Crippen LogP) is 3.18. The van der Waals surface area contributed by atoms with E-state index in [9.17, 15) is 9.59 Å². The highest BCUT2D eigenvalue weighted by atomic mass is 16.2. The largest absolute Gasteiger partial charge is 0.338 e. The number of pyridine rings is 1. The van der Waals surface area contributed by atoms with Crippen LogP contribution in [-0.4, -0.2) is 51.2 Å². The van der Waals surface area contributed by atoms with Gasteiger partial charge in [-0.15, -0.1) is 0 Å². The molecule has 1 aromatic carbocycles. The molecule has 2 heterocycles. The van der Waals surface area contributed by atoms with Crippen molar-refractivity contribution < 1.29 is 9.59 Å².